The molecule has 0 aliphatic carbocycles. The van der Waals surface area contributed by atoms with Gasteiger partial charge in [0.2, 0.25) is 0 Å². The van der Waals surface area contributed by atoms with Crippen LogP contribution in [-0.4, -0.2) is 33.7 Å². The molecule has 5 nitrogen and oxygen atoms in total. The van der Waals surface area contributed by atoms with Gasteiger partial charge in [-0.3, -0.25) is 0 Å². The number of nitrogens with two attached hydrogens (primary N) is 1. The Bertz CT molecular complexity index is 642. The van der Waals surface area contributed by atoms with Crippen LogP contribution in [0.5, 0.6) is 0 Å². The van der Waals surface area contributed by atoms with E-state index in [1.54, 1.807) is 18.2 Å². The van der Waals surface area contributed by atoms with Gasteiger partial charge in [0.25, 0.3) is 0 Å². The molecule has 2 aromatic rings. The molecule has 0 saturated carbocycles. The molecule has 0 saturated heterocycles. The van der Waals surface area contributed by atoms with E-state index in [1.807, 2.05) is 0 Å². The third-order valence-corrected chi connectivity index (χ3v) is 4.02. The number of aryl methyl sites for hydroxylation is 1. The van der Waals surface area contributed by atoms with Crippen molar-refractivity contribution < 1.29 is 4.74 Å². The van der Waals surface area contributed by atoms with E-state index in [0.717, 1.165) is 11.8 Å². The lowest BCUT2D eigenvalue weighted by molar-refractivity contribution is 0.148. The average Bonchev–Trinajstić information content (AvgIpc) is 2.50. The largest absolute Gasteiger partial charge is 0.382 e. The zero-order chi connectivity index (χ0) is 15.9. The number of ether oxygens (including phenoxy) is 1. The lowest BCUT2D eigenvalue weighted by atomic mass is 10.1. The van der Waals surface area contributed by atoms with Gasteiger partial charge < -0.3 is 10.5 Å². The first-order valence-electron chi connectivity index (χ1n) is 6.70. The quantitative estimate of drug-likeness (QED) is 0.560. The molecule has 0 bridgehead atoms. The molecule has 1 aromatic heterocycles. The number of nitrogens with zero attached hydrogens (tertiary/aromatic N) is 3. The number of nitrogen functional groups attached to an aromatic ring is 1. The minimum atomic E-state index is 0.288. The molecule has 2 rings (SSSR count). The summed E-state index contributed by atoms with van der Waals surface area (Å²) in [5.41, 5.74) is 7.03. The van der Waals surface area contributed by atoms with Crippen molar-refractivity contribution in [3.63, 3.8) is 0 Å². The number of alkyl halides is 1. The van der Waals surface area contributed by atoms with Gasteiger partial charge in [-0.1, -0.05) is 51.3 Å². The number of benzene rings is 1. The Balaban J connectivity index is 2.08. The number of rotatable bonds is 7. The fourth-order valence-electron chi connectivity index (χ4n) is 1.85. The van der Waals surface area contributed by atoms with E-state index >= 15 is 0 Å². The van der Waals surface area contributed by atoms with Crippen LogP contribution in [0.3, 0.4) is 0 Å². The molecule has 0 aliphatic heterocycles. The summed E-state index contributed by atoms with van der Waals surface area (Å²) in [4.78, 5) is 4.28. The second-order valence-corrected chi connectivity index (χ2v) is 6.05. The molecule has 0 spiro atoms. The SMILES string of the molecule is Nc1nc(CCCOCCBr)nnc1-c1cccc(Cl)c1Cl. The van der Waals surface area contributed by atoms with Crippen LogP contribution in [0, 0.1) is 0 Å². The summed E-state index contributed by atoms with van der Waals surface area (Å²) in [6, 6.07) is 5.26. The summed E-state index contributed by atoms with van der Waals surface area (Å²) in [6.07, 6.45) is 1.47. The molecule has 8 heteroatoms. The smallest absolute Gasteiger partial charge is 0.154 e. The summed E-state index contributed by atoms with van der Waals surface area (Å²) < 4.78 is 5.37. The van der Waals surface area contributed by atoms with Crippen molar-refractivity contribution in [3.05, 3.63) is 34.1 Å². The van der Waals surface area contributed by atoms with Gasteiger partial charge in [0.1, 0.15) is 5.69 Å². The summed E-state index contributed by atoms with van der Waals surface area (Å²) in [5, 5.41) is 9.89. The highest BCUT2D eigenvalue weighted by Crippen LogP contribution is 2.33. The van der Waals surface area contributed by atoms with Crippen LogP contribution in [0.1, 0.15) is 12.2 Å². The number of aromatic nitrogens is 3. The fourth-order valence-corrected chi connectivity index (χ4v) is 2.47. The first kappa shape index (κ1) is 17.4. The molecule has 0 fully saturated rings. The van der Waals surface area contributed by atoms with Crippen LogP contribution in [0.15, 0.2) is 18.2 Å². The Labute approximate surface area is 147 Å². The highest BCUT2D eigenvalue weighted by molar-refractivity contribution is 9.09. The normalized spacial score (nSPS) is 10.9. The molecule has 2 N–H and O–H groups in total. The molecular formula is C14H15BrCl2N4O. The van der Waals surface area contributed by atoms with Crippen LogP contribution < -0.4 is 5.73 Å². The zero-order valence-corrected chi connectivity index (χ0v) is 14.8. The molecule has 1 heterocycles. The van der Waals surface area contributed by atoms with Crippen LogP contribution in [0.4, 0.5) is 5.82 Å². The first-order chi connectivity index (χ1) is 10.6. The van der Waals surface area contributed by atoms with E-state index < -0.39 is 0 Å². The van der Waals surface area contributed by atoms with Crippen molar-refractivity contribution in [2.75, 3.05) is 24.3 Å². The van der Waals surface area contributed by atoms with E-state index in [2.05, 4.69) is 31.1 Å². The van der Waals surface area contributed by atoms with Gasteiger partial charge in [0.15, 0.2) is 11.6 Å². The molecule has 22 heavy (non-hydrogen) atoms. The topological polar surface area (TPSA) is 73.9 Å². The number of halogens is 3. The maximum Gasteiger partial charge on any atom is 0.154 e. The van der Waals surface area contributed by atoms with Crippen molar-refractivity contribution in [2.24, 2.45) is 0 Å². The Morgan fingerprint density at radius 3 is 2.73 bits per heavy atom. The lowest BCUT2D eigenvalue weighted by Gasteiger charge is -2.08. The summed E-state index contributed by atoms with van der Waals surface area (Å²) >= 11 is 15.5. The number of anilines is 1. The summed E-state index contributed by atoms with van der Waals surface area (Å²) in [6.45, 7) is 1.34. The maximum absolute atomic E-state index is 6.17. The van der Waals surface area contributed by atoms with Gasteiger partial charge in [0, 0.05) is 23.9 Å². The van der Waals surface area contributed by atoms with E-state index in [0.29, 0.717) is 46.8 Å². The number of hydrogen-bond donors (Lipinski definition) is 1. The van der Waals surface area contributed by atoms with Gasteiger partial charge in [-0.05, 0) is 12.5 Å². The van der Waals surface area contributed by atoms with Crippen LogP contribution in [0.2, 0.25) is 10.0 Å². The molecule has 0 radical (unpaired) electrons. The first-order valence-corrected chi connectivity index (χ1v) is 8.58. The predicted molar refractivity (Wildman–Crippen MR) is 92.6 cm³/mol. The Morgan fingerprint density at radius 1 is 1.18 bits per heavy atom. The highest BCUT2D eigenvalue weighted by Gasteiger charge is 2.13. The van der Waals surface area contributed by atoms with Gasteiger partial charge >= 0.3 is 0 Å². The average molecular weight is 406 g/mol. The van der Waals surface area contributed by atoms with Crippen molar-refractivity contribution in [3.8, 4) is 11.3 Å². The summed E-state index contributed by atoms with van der Waals surface area (Å²) in [5.74, 6) is 0.873. The van der Waals surface area contributed by atoms with E-state index in [4.69, 9.17) is 33.7 Å². The summed E-state index contributed by atoms with van der Waals surface area (Å²) in [7, 11) is 0. The molecule has 0 unspecified atom stereocenters. The Morgan fingerprint density at radius 2 is 2.00 bits per heavy atom. The number of hydrogen-bond acceptors (Lipinski definition) is 5. The van der Waals surface area contributed by atoms with E-state index in [1.165, 1.54) is 0 Å². The van der Waals surface area contributed by atoms with Crippen molar-refractivity contribution in [2.45, 2.75) is 12.8 Å². The van der Waals surface area contributed by atoms with Crippen LogP contribution in [0.25, 0.3) is 11.3 Å². The molecular weight excluding hydrogens is 391 g/mol. The molecule has 0 amide bonds. The van der Waals surface area contributed by atoms with Gasteiger partial charge in [0.05, 0.1) is 16.7 Å². The van der Waals surface area contributed by atoms with Gasteiger partial charge in [-0.15, -0.1) is 10.2 Å². The molecule has 118 valence electrons. The second-order valence-electron chi connectivity index (χ2n) is 4.47. The second kappa shape index (κ2) is 8.62. The highest BCUT2D eigenvalue weighted by atomic mass is 79.9. The minimum absolute atomic E-state index is 0.288. The standard InChI is InChI=1S/C14H15BrCl2N4O/c15-6-8-22-7-2-5-11-19-14(18)13(21-20-11)9-3-1-4-10(16)12(9)17/h1,3-4H,2,5-8H2,(H2,18,19,20). The molecule has 0 aliphatic rings. The maximum atomic E-state index is 6.17. The van der Waals surface area contributed by atoms with Crippen molar-refractivity contribution in [1.29, 1.82) is 0 Å². The lowest BCUT2D eigenvalue weighted by Crippen LogP contribution is -2.07. The predicted octanol–water partition coefficient (Wildman–Crippen LogP) is 3.77. The van der Waals surface area contributed by atoms with Crippen molar-refractivity contribution in [1.82, 2.24) is 15.2 Å². The van der Waals surface area contributed by atoms with Gasteiger partial charge in [-0.2, -0.15) is 0 Å². The van der Waals surface area contributed by atoms with Crippen LogP contribution >= 0.6 is 39.1 Å². The Hall–Kier alpha value is -0.950. The Kier molecular flexibility index (Phi) is 6.82. The zero-order valence-electron chi connectivity index (χ0n) is 11.7. The third kappa shape index (κ3) is 4.52. The third-order valence-electron chi connectivity index (χ3n) is 2.87. The van der Waals surface area contributed by atoms with Crippen LogP contribution in [-0.2, 0) is 11.2 Å². The van der Waals surface area contributed by atoms with Gasteiger partial charge in [-0.25, -0.2) is 4.98 Å². The minimum Gasteiger partial charge on any atom is -0.382 e. The molecule has 0 atom stereocenters. The van der Waals surface area contributed by atoms with Crippen molar-refractivity contribution >= 4 is 44.9 Å². The van der Waals surface area contributed by atoms with E-state index in [-0.39, 0.29) is 5.82 Å². The molecule has 1 aromatic carbocycles. The fraction of sp³-hybridized carbons (Fsp3) is 0.357. The van der Waals surface area contributed by atoms with E-state index in [9.17, 15) is 0 Å². The monoisotopic (exact) mass is 404 g/mol.